The first-order valence-electron chi connectivity index (χ1n) is 11.4. The highest BCUT2D eigenvalue weighted by Crippen LogP contribution is 2.62. The van der Waals surface area contributed by atoms with Gasteiger partial charge in [0.2, 0.25) is 0 Å². The van der Waals surface area contributed by atoms with E-state index in [1.807, 2.05) is 11.3 Å². The highest BCUT2D eigenvalue weighted by atomic mass is 32.1. The fourth-order valence-electron chi connectivity index (χ4n) is 6.18. The average molecular weight is 432 g/mol. The van der Waals surface area contributed by atoms with E-state index < -0.39 is 0 Å². The molecule has 0 radical (unpaired) electrons. The second kappa shape index (κ2) is 5.82. The summed E-state index contributed by atoms with van der Waals surface area (Å²) in [7, 11) is 0. The Morgan fingerprint density at radius 2 is 1.22 bits per heavy atom. The van der Waals surface area contributed by atoms with E-state index in [9.17, 15) is 0 Å². The Kier molecular flexibility index (Phi) is 3.36. The molecular weight excluding hydrogens is 406 g/mol. The third-order valence-electron chi connectivity index (χ3n) is 7.80. The van der Waals surface area contributed by atoms with E-state index in [-0.39, 0.29) is 10.8 Å². The molecule has 2 aliphatic rings. The summed E-state index contributed by atoms with van der Waals surface area (Å²) >= 11 is 1.95. The zero-order valence-corrected chi connectivity index (χ0v) is 19.7. The summed E-state index contributed by atoms with van der Waals surface area (Å²) in [6.07, 6.45) is 0. The second-order valence-electron chi connectivity index (χ2n) is 10.2. The van der Waals surface area contributed by atoms with Crippen molar-refractivity contribution in [2.75, 3.05) is 4.90 Å². The van der Waals surface area contributed by atoms with Gasteiger partial charge in [-0.2, -0.15) is 0 Å². The molecular formula is C30H25NS. The number of anilines is 3. The summed E-state index contributed by atoms with van der Waals surface area (Å²) in [5, 5.41) is 2.78. The highest BCUT2D eigenvalue weighted by Gasteiger charge is 2.46. The lowest BCUT2D eigenvalue weighted by molar-refractivity contribution is 0.602. The van der Waals surface area contributed by atoms with E-state index in [1.54, 1.807) is 0 Å². The van der Waals surface area contributed by atoms with Crippen LogP contribution in [0.15, 0.2) is 78.9 Å². The van der Waals surface area contributed by atoms with Gasteiger partial charge in [0.15, 0.2) is 0 Å². The predicted molar refractivity (Wildman–Crippen MR) is 138 cm³/mol. The molecule has 2 aliphatic heterocycles. The summed E-state index contributed by atoms with van der Waals surface area (Å²) in [5.41, 5.74) is 9.58. The number of rotatable bonds is 0. The predicted octanol–water partition coefficient (Wildman–Crippen LogP) is 8.80. The van der Waals surface area contributed by atoms with Gasteiger partial charge in [-0.05, 0) is 41.0 Å². The van der Waals surface area contributed by atoms with Crippen LogP contribution in [0.3, 0.4) is 0 Å². The quantitative estimate of drug-likeness (QED) is 0.237. The lowest BCUT2D eigenvalue weighted by Crippen LogP contribution is -2.38. The minimum Gasteiger partial charge on any atom is -0.309 e. The zero-order chi connectivity index (χ0) is 21.8. The summed E-state index contributed by atoms with van der Waals surface area (Å²) < 4.78 is 2.81. The van der Waals surface area contributed by atoms with Crippen molar-refractivity contribution in [2.45, 2.75) is 38.5 Å². The van der Waals surface area contributed by atoms with Gasteiger partial charge in [0.05, 0.1) is 17.1 Å². The zero-order valence-electron chi connectivity index (χ0n) is 18.9. The molecule has 1 aromatic heterocycles. The van der Waals surface area contributed by atoms with E-state index >= 15 is 0 Å². The van der Waals surface area contributed by atoms with Gasteiger partial charge >= 0.3 is 0 Å². The molecule has 5 aromatic rings. The molecule has 3 heterocycles. The topological polar surface area (TPSA) is 3.24 Å². The molecule has 0 aliphatic carbocycles. The molecule has 0 bridgehead atoms. The van der Waals surface area contributed by atoms with Crippen LogP contribution in [-0.4, -0.2) is 0 Å². The summed E-state index contributed by atoms with van der Waals surface area (Å²) in [6, 6.07) is 29.4. The Balaban J connectivity index is 1.75. The van der Waals surface area contributed by atoms with E-state index in [2.05, 4.69) is 111 Å². The van der Waals surface area contributed by atoms with Crippen molar-refractivity contribution in [3.63, 3.8) is 0 Å². The van der Waals surface area contributed by atoms with Crippen LogP contribution in [-0.2, 0) is 10.8 Å². The summed E-state index contributed by atoms with van der Waals surface area (Å²) in [6.45, 7) is 9.62. The van der Waals surface area contributed by atoms with Crippen molar-refractivity contribution in [3.05, 3.63) is 101 Å². The van der Waals surface area contributed by atoms with E-state index in [4.69, 9.17) is 0 Å². The number of para-hydroxylation sites is 2. The number of thiophene rings is 1. The van der Waals surface area contributed by atoms with Gasteiger partial charge in [-0.25, -0.2) is 0 Å². The molecule has 0 saturated carbocycles. The van der Waals surface area contributed by atoms with Gasteiger partial charge in [-0.15, -0.1) is 11.3 Å². The number of benzene rings is 4. The molecule has 7 rings (SSSR count). The number of nitrogens with zero attached hydrogens (tertiary/aromatic N) is 1. The van der Waals surface area contributed by atoms with Crippen LogP contribution in [0.2, 0.25) is 0 Å². The fourth-order valence-corrected chi connectivity index (χ4v) is 7.57. The van der Waals surface area contributed by atoms with Crippen molar-refractivity contribution in [3.8, 4) is 0 Å². The molecule has 32 heavy (non-hydrogen) atoms. The van der Waals surface area contributed by atoms with Crippen molar-refractivity contribution in [1.29, 1.82) is 0 Å². The van der Waals surface area contributed by atoms with Crippen LogP contribution in [0.4, 0.5) is 17.1 Å². The SMILES string of the molecule is CC1(C)c2ccccc2N2c3ccccc3C(C)(C)c3c2c1cc1c3sc2ccccc21. The van der Waals surface area contributed by atoms with Crippen molar-refractivity contribution < 1.29 is 0 Å². The van der Waals surface area contributed by atoms with Gasteiger partial charge in [0, 0.05) is 36.6 Å². The molecule has 0 atom stereocenters. The number of hydrogen-bond donors (Lipinski definition) is 0. The summed E-state index contributed by atoms with van der Waals surface area (Å²) in [5.74, 6) is 0. The lowest BCUT2D eigenvalue weighted by Gasteiger charge is -2.49. The van der Waals surface area contributed by atoms with Crippen LogP contribution >= 0.6 is 11.3 Å². The molecule has 0 fully saturated rings. The van der Waals surface area contributed by atoms with Gasteiger partial charge in [0.1, 0.15) is 0 Å². The maximum atomic E-state index is 2.55. The van der Waals surface area contributed by atoms with E-state index in [0.29, 0.717) is 0 Å². The van der Waals surface area contributed by atoms with Gasteiger partial charge in [-0.1, -0.05) is 82.3 Å². The van der Waals surface area contributed by atoms with Gasteiger partial charge in [-0.3, -0.25) is 0 Å². The van der Waals surface area contributed by atoms with Crippen LogP contribution in [0.25, 0.3) is 20.2 Å². The van der Waals surface area contributed by atoms with Crippen molar-refractivity contribution >= 4 is 48.6 Å². The normalized spacial score (nSPS) is 17.2. The van der Waals surface area contributed by atoms with Crippen molar-refractivity contribution in [1.82, 2.24) is 0 Å². The van der Waals surface area contributed by atoms with Gasteiger partial charge in [0.25, 0.3) is 0 Å². The minimum atomic E-state index is -0.0834. The molecule has 1 nitrogen and oxygen atoms in total. The average Bonchev–Trinajstić information content (AvgIpc) is 3.16. The second-order valence-corrected chi connectivity index (χ2v) is 11.3. The third kappa shape index (κ3) is 2.05. The Bertz CT molecular complexity index is 1570. The first kappa shape index (κ1) is 18.5. The first-order valence-corrected chi connectivity index (χ1v) is 12.2. The highest BCUT2D eigenvalue weighted by molar-refractivity contribution is 7.26. The van der Waals surface area contributed by atoms with Gasteiger partial charge < -0.3 is 4.90 Å². The largest absolute Gasteiger partial charge is 0.309 e. The third-order valence-corrected chi connectivity index (χ3v) is 9.00. The first-order chi connectivity index (χ1) is 15.4. The Morgan fingerprint density at radius 1 is 0.625 bits per heavy atom. The monoisotopic (exact) mass is 431 g/mol. The minimum absolute atomic E-state index is 0.0726. The molecule has 156 valence electrons. The molecule has 0 amide bonds. The maximum Gasteiger partial charge on any atom is 0.0558 e. The number of fused-ring (bicyclic) bond motifs is 8. The number of hydrogen-bond acceptors (Lipinski definition) is 2. The Morgan fingerprint density at radius 3 is 1.94 bits per heavy atom. The molecule has 4 aromatic carbocycles. The molecule has 0 saturated heterocycles. The van der Waals surface area contributed by atoms with Crippen LogP contribution in [0, 0.1) is 0 Å². The summed E-state index contributed by atoms with van der Waals surface area (Å²) in [4.78, 5) is 2.55. The van der Waals surface area contributed by atoms with Crippen LogP contribution < -0.4 is 4.90 Å². The lowest BCUT2D eigenvalue weighted by atomic mass is 9.66. The standard InChI is InChI=1S/C30H25NS/c1-29(2)20-12-6-8-14-23(20)31-24-15-9-7-13-21(24)30(3,4)26-27(31)22(29)17-19-18-11-5-10-16-25(18)32-28(19)26/h5-17H,1-4H3. The Labute approximate surface area is 192 Å². The molecule has 0 unspecified atom stereocenters. The maximum absolute atomic E-state index is 2.55. The smallest absolute Gasteiger partial charge is 0.0558 e. The molecule has 0 spiro atoms. The van der Waals surface area contributed by atoms with E-state index in [0.717, 1.165) is 0 Å². The van der Waals surface area contributed by atoms with Crippen LogP contribution in [0.5, 0.6) is 0 Å². The van der Waals surface area contributed by atoms with Crippen LogP contribution in [0.1, 0.15) is 49.9 Å². The van der Waals surface area contributed by atoms with Crippen molar-refractivity contribution in [2.24, 2.45) is 0 Å². The van der Waals surface area contributed by atoms with E-state index in [1.165, 1.54) is 59.5 Å². The molecule has 0 N–H and O–H groups in total. The fraction of sp³-hybridized carbons (Fsp3) is 0.200. The Hall–Kier alpha value is -3.10. The molecule has 2 heteroatoms.